The normalized spacial score (nSPS) is 27.6. The van der Waals surface area contributed by atoms with E-state index < -0.39 is 35.2 Å². The first-order chi connectivity index (χ1) is 17.2. The number of rotatable bonds is 5. The maximum Gasteiger partial charge on any atom is 0.250 e. The van der Waals surface area contributed by atoms with Gasteiger partial charge < -0.3 is 20.5 Å². The summed E-state index contributed by atoms with van der Waals surface area (Å²) in [6.07, 6.45) is 0.268. The molecule has 6 rings (SSSR count). The Hall–Kier alpha value is -3.92. The fourth-order valence-electron chi connectivity index (χ4n) is 6.10. The Balaban J connectivity index is 1.41. The van der Waals surface area contributed by atoms with Gasteiger partial charge in [-0.15, -0.1) is 0 Å². The minimum atomic E-state index is -1.41. The fraction of sp³-hybridized carbons (Fsp3) is 0.385. The number of nitrogens with two attached hydrogens (primary N) is 1. The van der Waals surface area contributed by atoms with E-state index in [4.69, 9.17) is 15.2 Å². The number of primary amides is 1. The number of aryl methyl sites for hydroxylation is 1. The topological polar surface area (TPSA) is 140 Å². The molecule has 4 heterocycles. The van der Waals surface area contributed by atoms with Crippen molar-refractivity contribution in [3.63, 3.8) is 0 Å². The molecular formula is C26H26N4O6. The summed E-state index contributed by atoms with van der Waals surface area (Å²) in [5.74, 6) is -2.25. The van der Waals surface area contributed by atoms with E-state index in [1.165, 1.54) is 4.90 Å². The molecular weight excluding hydrogens is 464 g/mol. The predicted molar refractivity (Wildman–Crippen MR) is 127 cm³/mol. The Morgan fingerprint density at radius 1 is 1.11 bits per heavy atom. The average Bonchev–Trinajstić information content (AvgIpc) is 3.57. The van der Waals surface area contributed by atoms with Gasteiger partial charge in [0.05, 0.1) is 18.4 Å². The lowest BCUT2D eigenvalue weighted by molar-refractivity contribution is -0.143. The van der Waals surface area contributed by atoms with Crippen LogP contribution in [0.3, 0.4) is 0 Å². The first-order valence-electron chi connectivity index (χ1n) is 11.9. The summed E-state index contributed by atoms with van der Waals surface area (Å²) >= 11 is 0. The van der Waals surface area contributed by atoms with Crippen LogP contribution >= 0.6 is 0 Å². The van der Waals surface area contributed by atoms with Crippen molar-refractivity contribution in [2.75, 3.05) is 12.1 Å². The number of carbonyl (C=O) groups excluding carboxylic acids is 4. The molecule has 2 aromatic carbocycles. The Morgan fingerprint density at radius 2 is 1.89 bits per heavy atom. The van der Waals surface area contributed by atoms with Crippen molar-refractivity contribution in [2.45, 2.75) is 44.8 Å². The second-order valence-corrected chi connectivity index (χ2v) is 9.90. The van der Waals surface area contributed by atoms with Crippen molar-refractivity contribution in [1.82, 2.24) is 10.2 Å². The van der Waals surface area contributed by atoms with Gasteiger partial charge in [-0.05, 0) is 49.1 Å². The SMILES string of the molecule is Cc1ccc2c(c1C)NC(=O)[C@]21N[C@@H](CCC(N)=O)[C@H]2C(=O)N(Cc3ccc4c(c3)OCO4)C(=O)[C@@H]21. The van der Waals surface area contributed by atoms with Crippen LogP contribution in [0.25, 0.3) is 0 Å². The monoisotopic (exact) mass is 490 g/mol. The first-order valence-corrected chi connectivity index (χ1v) is 11.9. The van der Waals surface area contributed by atoms with E-state index >= 15 is 0 Å². The van der Waals surface area contributed by atoms with Crippen molar-refractivity contribution in [3.05, 3.63) is 52.6 Å². The van der Waals surface area contributed by atoms with Gasteiger partial charge in [0.25, 0.3) is 0 Å². The summed E-state index contributed by atoms with van der Waals surface area (Å²) in [5, 5.41) is 6.29. The van der Waals surface area contributed by atoms with Crippen molar-refractivity contribution in [1.29, 1.82) is 0 Å². The van der Waals surface area contributed by atoms with E-state index in [9.17, 15) is 19.2 Å². The van der Waals surface area contributed by atoms with Crippen LogP contribution in [-0.2, 0) is 31.3 Å². The van der Waals surface area contributed by atoms with Gasteiger partial charge in [-0.3, -0.25) is 29.4 Å². The van der Waals surface area contributed by atoms with Gasteiger partial charge in [0, 0.05) is 23.7 Å². The van der Waals surface area contributed by atoms with Crippen LogP contribution in [0.2, 0.25) is 0 Å². The molecule has 2 aromatic rings. The van der Waals surface area contributed by atoms with E-state index in [0.29, 0.717) is 28.3 Å². The lowest BCUT2D eigenvalue weighted by Gasteiger charge is -2.29. The lowest BCUT2D eigenvalue weighted by Crippen LogP contribution is -2.53. The van der Waals surface area contributed by atoms with Crippen molar-refractivity contribution >= 4 is 29.3 Å². The zero-order chi connectivity index (χ0) is 25.4. The Morgan fingerprint density at radius 3 is 2.67 bits per heavy atom. The largest absolute Gasteiger partial charge is 0.454 e. The summed E-state index contributed by atoms with van der Waals surface area (Å²) in [4.78, 5) is 54.1. The van der Waals surface area contributed by atoms with E-state index in [1.807, 2.05) is 26.0 Å². The average molecular weight is 491 g/mol. The van der Waals surface area contributed by atoms with Crippen molar-refractivity contribution in [2.24, 2.45) is 17.6 Å². The van der Waals surface area contributed by atoms with E-state index in [2.05, 4.69) is 10.6 Å². The smallest absolute Gasteiger partial charge is 0.250 e. The quantitative estimate of drug-likeness (QED) is 0.536. The van der Waals surface area contributed by atoms with Crippen LogP contribution in [0.15, 0.2) is 30.3 Å². The number of likely N-dealkylation sites (tertiary alicyclic amines) is 1. The molecule has 0 aromatic heterocycles. The third kappa shape index (κ3) is 3.00. The molecule has 4 N–H and O–H groups in total. The van der Waals surface area contributed by atoms with Gasteiger partial charge in [0.1, 0.15) is 5.54 Å². The molecule has 0 unspecified atom stereocenters. The Bertz CT molecular complexity index is 1360. The summed E-state index contributed by atoms with van der Waals surface area (Å²) in [7, 11) is 0. The number of imide groups is 1. The molecule has 2 fully saturated rings. The number of amides is 4. The number of fused-ring (bicyclic) bond motifs is 5. The number of hydrogen-bond acceptors (Lipinski definition) is 7. The highest BCUT2D eigenvalue weighted by Gasteiger charge is 2.70. The molecule has 10 heteroatoms. The second kappa shape index (κ2) is 7.79. The molecule has 0 bridgehead atoms. The molecule has 36 heavy (non-hydrogen) atoms. The predicted octanol–water partition coefficient (Wildman–Crippen LogP) is 1.22. The molecule has 2 saturated heterocycles. The number of ether oxygens (including phenoxy) is 2. The molecule has 186 valence electrons. The lowest BCUT2D eigenvalue weighted by atomic mass is 9.76. The number of carbonyl (C=O) groups is 4. The van der Waals surface area contributed by atoms with Gasteiger partial charge in [0.15, 0.2) is 11.5 Å². The zero-order valence-electron chi connectivity index (χ0n) is 19.9. The van der Waals surface area contributed by atoms with Gasteiger partial charge >= 0.3 is 0 Å². The van der Waals surface area contributed by atoms with Crippen LogP contribution in [0.5, 0.6) is 11.5 Å². The standard InChI is InChI=1S/C26H26N4O6/c1-12-3-5-15-22(13(12)2)28-25(34)26(15)21-20(16(29-26)6-8-19(27)31)23(32)30(24(21)33)10-14-4-7-17-18(9-14)36-11-35-17/h3-5,7,9,16,20-21,29H,6,8,10-11H2,1-2H3,(H2,27,31)(H,28,34)/t16-,20+,21+,26-/m0/s1. The molecule has 4 aliphatic heterocycles. The summed E-state index contributed by atoms with van der Waals surface area (Å²) < 4.78 is 10.8. The molecule has 0 saturated carbocycles. The molecule has 4 amide bonds. The maximum absolute atomic E-state index is 13.9. The molecule has 1 spiro atoms. The van der Waals surface area contributed by atoms with Crippen LogP contribution in [-0.4, -0.2) is 41.4 Å². The van der Waals surface area contributed by atoms with Gasteiger partial charge in [-0.2, -0.15) is 0 Å². The molecule has 4 aliphatic rings. The van der Waals surface area contributed by atoms with Gasteiger partial charge in [0.2, 0.25) is 30.4 Å². The Kier molecular flexibility index (Phi) is 4.88. The molecule has 4 atom stereocenters. The third-order valence-electron chi connectivity index (χ3n) is 7.99. The van der Waals surface area contributed by atoms with Gasteiger partial charge in [-0.1, -0.05) is 18.2 Å². The molecule has 10 nitrogen and oxygen atoms in total. The molecule has 0 radical (unpaired) electrons. The first kappa shape index (κ1) is 22.5. The summed E-state index contributed by atoms with van der Waals surface area (Å²) in [5.41, 5.74) is 7.93. The van der Waals surface area contributed by atoms with Gasteiger partial charge in [-0.25, -0.2) is 0 Å². The summed E-state index contributed by atoms with van der Waals surface area (Å²) in [6, 6.07) is 8.46. The minimum Gasteiger partial charge on any atom is -0.454 e. The van der Waals surface area contributed by atoms with E-state index in [-0.39, 0.29) is 38.0 Å². The minimum absolute atomic E-state index is 0.0298. The number of nitrogens with zero attached hydrogens (tertiary/aromatic N) is 1. The van der Waals surface area contributed by atoms with Crippen molar-refractivity contribution < 1.29 is 28.7 Å². The van der Waals surface area contributed by atoms with Crippen LogP contribution < -0.4 is 25.8 Å². The highest BCUT2D eigenvalue weighted by Crippen LogP contribution is 2.54. The van der Waals surface area contributed by atoms with E-state index in [1.54, 1.807) is 18.2 Å². The third-order valence-corrected chi connectivity index (χ3v) is 7.99. The zero-order valence-corrected chi connectivity index (χ0v) is 19.9. The van der Waals surface area contributed by atoms with Crippen LogP contribution in [0.4, 0.5) is 5.69 Å². The fourth-order valence-corrected chi connectivity index (χ4v) is 6.10. The number of anilines is 1. The van der Waals surface area contributed by atoms with E-state index in [0.717, 1.165) is 11.1 Å². The number of hydrogen-bond donors (Lipinski definition) is 3. The Labute approximate surface area is 207 Å². The molecule has 0 aliphatic carbocycles. The summed E-state index contributed by atoms with van der Waals surface area (Å²) in [6.45, 7) is 4.03. The highest BCUT2D eigenvalue weighted by molar-refractivity contribution is 6.15. The van der Waals surface area contributed by atoms with Crippen molar-refractivity contribution in [3.8, 4) is 11.5 Å². The van der Waals surface area contributed by atoms with Crippen LogP contribution in [0.1, 0.15) is 35.1 Å². The number of nitrogens with one attached hydrogen (secondary N) is 2. The number of benzene rings is 2. The second-order valence-electron chi connectivity index (χ2n) is 9.90. The highest BCUT2D eigenvalue weighted by atomic mass is 16.7. The van der Waals surface area contributed by atoms with Crippen LogP contribution in [0, 0.1) is 25.7 Å². The maximum atomic E-state index is 13.9.